The lowest BCUT2D eigenvalue weighted by Crippen LogP contribution is -2.40. The summed E-state index contributed by atoms with van der Waals surface area (Å²) in [6, 6.07) is 0. The third-order valence-corrected chi connectivity index (χ3v) is 4.91. The highest BCUT2D eigenvalue weighted by molar-refractivity contribution is 5.81. The van der Waals surface area contributed by atoms with Gasteiger partial charge >= 0.3 is 0 Å². The monoisotopic (exact) mass is 251 g/mol. The highest BCUT2D eigenvalue weighted by Gasteiger charge is 2.29. The van der Waals surface area contributed by atoms with Crippen LogP contribution >= 0.6 is 0 Å². The number of piperidine rings is 1. The first-order chi connectivity index (χ1) is 8.69. The summed E-state index contributed by atoms with van der Waals surface area (Å²) >= 11 is 0. The molecule has 2 rings (SSSR count). The summed E-state index contributed by atoms with van der Waals surface area (Å²) in [7, 11) is 0. The zero-order valence-corrected chi connectivity index (χ0v) is 12.2. The molecule has 0 radical (unpaired) electrons. The molecule has 2 nitrogen and oxygen atoms in total. The van der Waals surface area contributed by atoms with E-state index in [9.17, 15) is 4.79 Å². The van der Waals surface area contributed by atoms with Gasteiger partial charge in [0.2, 0.25) is 0 Å². The molecular weight excluding hydrogens is 222 g/mol. The SMILES string of the molecule is CCCC1CCN(CC2CC(C)CCC2=O)CC1. The molecule has 0 spiro atoms. The number of hydrogen-bond acceptors (Lipinski definition) is 2. The number of Topliss-reactive ketones (excluding diaryl/α,β-unsaturated/α-hetero) is 1. The van der Waals surface area contributed by atoms with Crippen molar-refractivity contribution in [2.45, 2.75) is 58.8 Å². The molecule has 2 atom stereocenters. The lowest BCUT2D eigenvalue weighted by molar-refractivity contribution is -0.126. The lowest BCUT2D eigenvalue weighted by atomic mass is 9.81. The van der Waals surface area contributed by atoms with Crippen molar-refractivity contribution in [3.05, 3.63) is 0 Å². The van der Waals surface area contributed by atoms with Crippen molar-refractivity contribution < 1.29 is 4.79 Å². The van der Waals surface area contributed by atoms with Crippen LogP contribution in [0.4, 0.5) is 0 Å². The van der Waals surface area contributed by atoms with E-state index in [4.69, 9.17) is 0 Å². The van der Waals surface area contributed by atoms with Gasteiger partial charge in [-0.1, -0.05) is 26.7 Å². The fourth-order valence-corrected chi connectivity index (χ4v) is 3.68. The van der Waals surface area contributed by atoms with Crippen LogP contribution in [0.3, 0.4) is 0 Å². The number of carbonyl (C=O) groups is 1. The van der Waals surface area contributed by atoms with E-state index in [0.29, 0.717) is 11.7 Å². The van der Waals surface area contributed by atoms with Crippen molar-refractivity contribution in [3.8, 4) is 0 Å². The molecule has 1 saturated carbocycles. The van der Waals surface area contributed by atoms with E-state index >= 15 is 0 Å². The molecule has 2 aliphatic rings. The number of nitrogens with zero attached hydrogens (tertiary/aromatic N) is 1. The van der Waals surface area contributed by atoms with Gasteiger partial charge in [-0.2, -0.15) is 0 Å². The standard InChI is InChI=1S/C16H29NO/c1-3-4-14-7-9-17(10-8-14)12-15-11-13(2)5-6-16(15)18/h13-15H,3-12H2,1-2H3. The number of hydrogen-bond donors (Lipinski definition) is 0. The minimum absolute atomic E-state index is 0.344. The first-order valence-electron chi connectivity index (χ1n) is 7.94. The Morgan fingerprint density at radius 1 is 1.22 bits per heavy atom. The Bertz CT molecular complexity index is 268. The van der Waals surface area contributed by atoms with Gasteiger partial charge in [-0.15, -0.1) is 0 Å². The molecule has 1 aliphatic heterocycles. The number of likely N-dealkylation sites (tertiary alicyclic amines) is 1. The Morgan fingerprint density at radius 3 is 2.61 bits per heavy atom. The normalized spacial score (nSPS) is 31.8. The fraction of sp³-hybridized carbons (Fsp3) is 0.938. The number of rotatable bonds is 4. The van der Waals surface area contributed by atoms with Crippen molar-refractivity contribution in [3.63, 3.8) is 0 Å². The second-order valence-corrected chi connectivity index (χ2v) is 6.58. The topological polar surface area (TPSA) is 20.3 Å². The molecule has 0 aromatic heterocycles. The molecule has 0 aromatic carbocycles. The van der Waals surface area contributed by atoms with Crippen molar-refractivity contribution in [2.24, 2.45) is 17.8 Å². The average Bonchev–Trinajstić information content (AvgIpc) is 2.37. The third-order valence-electron chi connectivity index (χ3n) is 4.91. The van der Waals surface area contributed by atoms with Gasteiger partial charge in [0.15, 0.2) is 0 Å². The largest absolute Gasteiger partial charge is 0.303 e. The van der Waals surface area contributed by atoms with Crippen LogP contribution in [0.25, 0.3) is 0 Å². The van der Waals surface area contributed by atoms with Gasteiger partial charge < -0.3 is 4.90 Å². The first kappa shape index (κ1) is 14.0. The molecule has 104 valence electrons. The van der Waals surface area contributed by atoms with Gasteiger partial charge in [-0.25, -0.2) is 0 Å². The van der Waals surface area contributed by atoms with Crippen LogP contribution in [0.2, 0.25) is 0 Å². The Labute approximate surface area is 112 Å². The quantitative estimate of drug-likeness (QED) is 0.762. The highest BCUT2D eigenvalue weighted by Crippen LogP contribution is 2.28. The molecule has 1 heterocycles. The minimum Gasteiger partial charge on any atom is -0.303 e. The van der Waals surface area contributed by atoms with Gasteiger partial charge in [0.1, 0.15) is 5.78 Å². The zero-order chi connectivity index (χ0) is 13.0. The molecule has 0 bridgehead atoms. The fourth-order valence-electron chi connectivity index (χ4n) is 3.68. The first-order valence-corrected chi connectivity index (χ1v) is 7.94. The minimum atomic E-state index is 0.344. The number of ketones is 1. The van der Waals surface area contributed by atoms with E-state index in [-0.39, 0.29) is 0 Å². The molecule has 0 amide bonds. The second kappa shape index (κ2) is 6.70. The second-order valence-electron chi connectivity index (χ2n) is 6.58. The van der Waals surface area contributed by atoms with Gasteiger partial charge in [0.05, 0.1) is 0 Å². The highest BCUT2D eigenvalue weighted by atomic mass is 16.1. The van der Waals surface area contributed by atoms with E-state index < -0.39 is 0 Å². The summed E-state index contributed by atoms with van der Waals surface area (Å²) < 4.78 is 0. The molecule has 2 heteroatoms. The van der Waals surface area contributed by atoms with E-state index in [0.717, 1.165) is 37.6 Å². The molecule has 1 aliphatic carbocycles. The maximum Gasteiger partial charge on any atom is 0.137 e. The summed E-state index contributed by atoms with van der Waals surface area (Å²) in [5.41, 5.74) is 0. The molecule has 0 N–H and O–H groups in total. The van der Waals surface area contributed by atoms with E-state index in [1.165, 1.54) is 38.8 Å². The summed E-state index contributed by atoms with van der Waals surface area (Å²) in [6.45, 7) is 8.08. The Balaban J connectivity index is 1.75. The molecule has 2 unspecified atom stereocenters. The van der Waals surface area contributed by atoms with Gasteiger partial charge in [0, 0.05) is 18.9 Å². The lowest BCUT2D eigenvalue weighted by Gasteiger charge is -2.35. The van der Waals surface area contributed by atoms with E-state index in [1.54, 1.807) is 0 Å². The Hall–Kier alpha value is -0.370. The summed E-state index contributed by atoms with van der Waals surface area (Å²) in [5, 5.41) is 0. The van der Waals surface area contributed by atoms with E-state index in [1.807, 2.05) is 0 Å². The molecule has 2 fully saturated rings. The molecular formula is C16H29NO. The molecule has 0 aromatic rings. The van der Waals surface area contributed by atoms with Gasteiger partial charge in [0.25, 0.3) is 0 Å². The molecule has 1 saturated heterocycles. The van der Waals surface area contributed by atoms with Crippen LogP contribution in [0, 0.1) is 17.8 Å². The van der Waals surface area contributed by atoms with E-state index in [2.05, 4.69) is 18.7 Å². The van der Waals surface area contributed by atoms with Crippen LogP contribution in [-0.2, 0) is 4.79 Å². The molecule has 18 heavy (non-hydrogen) atoms. The smallest absolute Gasteiger partial charge is 0.137 e. The predicted octanol–water partition coefficient (Wildman–Crippen LogP) is 3.50. The third kappa shape index (κ3) is 3.81. The van der Waals surface area contributed by atoms with Gasteiger partial charge in [-0.05, 0) is 50.6 Å². The van der Waals surface area contributed by atoms with Crippen molar-refractivity contribution in [2.75, 3.05) is 19.6 Å². The Kier molecular flexibility index (Phi) is 5.23. The summed E-state index contributed by atoms with van der Waals surface area (Å²) in [4.78, 5) is 14.5. The van der Waals surface area contributed by atoms with Crippen molar-refractivity contribution in [1.82, 2.24) is 4.90 Å². The summed E-state index contributed by atoms with van der Waals surface area (Å²) in [6.07, 6.45) is 8.50. The predicted molar refractivity (Wildman–Crippen MR) is 75.6 cm³/mol. The van der Waals surface area contributed by atoms with Crippen LogP contribution < -0.4 is 0 Å². The van der Waals surface area contributed by atoms with Crippen LogP contribution in [-0.4, -0.2) is 30.3 Å². The maximum atomic E-state index is 12.0. The van der Waals surface area contributed by atoms with Crippen LogP contribution in [0.5, 0.6) is 0 Å². The van der Waals surface area contributed by atoms with Crippen LogP contribution in [0.1, 0.15) is 58.8 Å². The summed E-state index contributed by atoms with van der Waals surface area (Å²) in [5.74, 6) is 2.58. The van der Waals surface area contributed by atoms with Crippen LogP contribution in [0.15, 0.2) is 0 Å². The Morgan fingerprint density at radius 2 is 1.94 bits per heavy atom. The van der Waals surface area contributed by atoms with Crippen molar-refractivity contribution in [1.29, 1.82) is 0 Å². The van der Waals surface area contributed by atoms with Crippen molar-refractivity contribution >= 4 is 5.78 Å². The zero-order valence-electron chi connectivity index (χ0n) is 12.2. The average molecular weight is 251 g/mol. The van der Waals surface area contributed by atoms with Gasteiger partial charge in [-0.3, -0.25) is 4.79 Å². The maximum absolute atomic E-state index is 12.0. The number of carbonyl (C=O) groups excluding carboxylic acids is 1.